The van der Waals surface area contributed by atoms with Crippen molar-refractivity contribution in [3.63, 3.8) is 0 Å². The van der Waals surface area contributed by atoms with Crippen LogP contribution in [-0.2, 0) is 10.0 Å². The molecule has 148 valence electrons. The number of pyridine rings is 2. The lowest BCUT2D eigenvalue weighted by molar-refractivity contribution is 0.589. The summed E-state index contributed by atoms with van der Waals surface area (Å²) in [7, 11) is -3.80. The van der Waals surface area contributed by atoms with Gasteiger partial charge in [0.25, 0.3) is 10.0 Å². The Bertz CT molecular complexity index is 1520. The third-order valence-corrected chi connectivity index (χ3v) is 6.79. The summed E-state index contributed by atoms with van der Waals surface area (Å²) in [5.41, 5.74) is 10.3. The molecule has 2 aromatic carbocycles. The van der Waals surface area contributed by atoms with Crippen molar-refractivity contribution in [2.75, 3.05) is 5.73 Å². The summed E-state index contributed by atoms with van der Waals surface area (Å²) in [6.45, 7) is 1.92. The molecule has 5 aromatic rings. The van der Waals surface area contributed by atoms with Crippen molar-refractivity contribution in [2.45, 2.75) is 11.8 Å². The van der Waals surface area contributed by atoms with E-state index in [1.165, 1.54) is 3.97 Å². The van der Waals surface area contributed by atoms with Gasteiger partial charge in [-0.2, -0.15) is 0 Å². The molecule has 2 N–H and O–H groups in total. The van der Waals surface area contributed by atoms with Gasteiger partial charge < -0.3 is 5.73 Å². The van der Waals surface area contributed by atoms with E-state index < -0.39 is 10.0 Å². The fraction of sp³-hybridized carbons (Fsp3) is 0.0435. The van der Waals surface area contributed by atoms with E-state index in [-0.39, 0.29) is 4.90 Å². The molecule has 0 aliphatic rings. The van der Waals surface area contributed by atoms with Crippen molar-refractivity contribution in [3.8, 4) is 11.1 Å². The number of benzene rings is 2. The van der Waals surface area contributed by atoms with E-state index in [1.54, 1.807) is 48.9 Å². The molecule has 0 saturated heterocycles. The quantitative estimate of drug-likeness (QED) is 0.473. The third-order valence-electron chi connectivity index (χ3n) is 5.12. The molecule has 7 heteroatoms. The number of nitrogens with zero attached hydrogens (tertiary/aromatic N) is 3. The van der Waals surface area contributed by atoms with Crippen LogP contribution < -0.4 is 5.73 Å². The van der Waals surface area contributed by atoms with E-state index in [1.807, 2.05) is 37.3 Å². The van der Waals surface area contributed by atoms with Crippen LogP contribution in [-0.4, -0.2) is 22.4 Å². The van der Waals surface area contributed by atoms with Crippen molar-refractivity contribution in [3.05, 3.63) is 84.8 Å². The SMILES string of the molecule is Cc1ccc(S(=O)(=O)n2cc(-c3ccc4ncc(N)cc4c3)c3cccnc32)cc1. The summed E-state index contributed by atoms with van der Waals surface area (Å²) in [5.74, 6) is 0. The number of aryl methyl sites for hydroxylation is 1. The second-order valence-corrected chi connectivity index (χ2v) is 9.02. The predicted molar refractivity (Wildman–Crippen MR) is 119 cm³/mol. The topological polar surface area (TPSA) is 90.9 Å². The maximum Gasteiger partial charge on any atom is 0.269 e. The minimum Gasteiger partial charge on any atom is -0.397 e. The molecule has 0 saturated carbocycles. The average molecular weight is 414 g/mol. The van der Waals surface area contributed by atoms with Crippen LogP contribution in [0.2, 0.25) is 0 Å². The summed E-state index contributed by atoms with van der Waals surface area (Å²) in [4.78, 5) is 8.92. The first-order valence-corrected chi connectivity index (χ1v) is 10.8. The van der Waals surface area contributed by atoms with Crippen LogP contribution >= 0.6 is 0 Å². The minimum absolute atomic E-state index is 0.220. The van der Waals surface area contributed by atoms with Gasteiger partial charge in [0.2, 0.25) is 0 Å². The summed E-state index contributed by atoms with van der Waals surface area (Å²) >= 11 is 0. The Morgan fingerprint density at radius 1 is 0.967 bits per heavy atom. The highest BCUT2D eigenvalue weighted by Gasteiger charge is 2.22. The van der Waals surface area contributed by atoms with Crippen molar-refractivity contribution in [1.29, 1.82) is 0 Å². The molecule has 0 atom stereocenters. The molecule has 0 aliphatic carbocycles. The molecule has 0 bridgehead atoms. The third kappa shape index (κ3) is 2.91. The van der Waals surface area contributed by atoms with E-state index in [2.05, 4.69) is 9.97 Å². The number of rotatable bonds is 3. The van der Waals surface area contributed by atoms with Gasteiger partial charge >= 0.3 is 0 Å². The predicted octanol–water partition coefficient (Wildman–Crippen LogP) is 4.38. The standard InChI is InChI=1S/C23H18N4O2S/c1-15-4-7-19(8-5-15)30(28,29)27-14-21(20-3-2-10-25-23(20)27)16-6-9-22-17(11-16)12-18(24)13-26-22/h2-14H,24H2,1H3. The molecular weight excluding hydrogens is 396 g/mol. The minimum atomic E-state index is -3.80. The van der Waals surface area contributed by atoms with Gasteiger partial charge in [-0.3, -0.25) is 4.98 Å². The number of fused-ring (bicyclic) bond motifs is 2. The Labute approximate surface area is 173 Å². The molecule has 6 nitrogen and oxygen atoms in total. The van der Waals surface area contributed by atoms with E-state index in [9.17, 15) is 8.42 Å². The van der Waals surface area contributed by atoms with Crippen LogP contribution in [0.25, 0.3) is 33.1 Å². The molecule has 3 heterocycles. The van der Waals surface area contributed by atoms with E-state index >= 15 is 0 Å². The van der Waals surface area contributed by atoms with Gasteiger partial charge in [-0.25, -0.2) is 17.4 Å². The van der Waals surface area contributed by atoms with Crippen LogP contribution in [0, 0.1) is 6.92 Å². The highest BCUT2D eigenvalue weighted by molar-refractivity contribution is 7.90. The van der Waals surface area contributed by atoms with Crippen LogP contribution in [0.5, 0.6) is 0 Å². The molecule has 5 rings (SSSR count). The summed E-state index contributed by atoms with van der Waals surface area (Å²) in [6, 6.07) is 18.1. The number of aromatic nitrogens is 3. The molecule has 30 heavy (non-hydrogen) atoms. The lowest BCUT2D eigenvalue weighted by atomic mass is 10.0. The number of anilines is 1. The number of nitrogens with two attached hydrogens (primary N) is 1. The number of nitrogen functional groups attached to an aromatic ring is 1. The molecule has 0 spiro atoms. The van der Waals surface area contributed by atoms with Crippen molar-refractivity contribution in [1.82, 2.24) is 13.9 Å². The van der Waals surface area contributed by atoms with Gasteiger partial charge in [-0.15, -0.1) is 0 Å². The van der Waals surface area contributed by atoms with Crippen molar-refractivity contribution in [2.24, 2.45) is 0 Å². The second-order valence-electron chi connectivity index (χ2n) is 7.21. The van der Waals surface area contributed by atoms with Gasteiger partial charge in [-0.1, -0.05) is 23.8 Å². The highest BCUT2D eigenvalue weighted by Crippen LogP contribution is 2.33. The first-order chi connectivity index (χ1) is 14.4. The maximum atomic E-state index is 13.4. The molecular formula is C23H18N4O2S. The van der Waals surface area contributed by atoms with Gasteiger partial charge in [0.1, 0.15) is 0 Å². The maximum absolute atomic E-state index is 13.4. The fourth-order valence-electron chi connectivity index (χ4n) is 3.58. The monoisotopic (exact) mass is 414 g/mol. The van der Waals surface area contributed by atoms with Gasteiger partial charge in [-0.05, 0) is 55.0 Å². The zero-order valence-corrected chi connectivity index (χ0v) is 17.0. The summed E-state index contributed by atoms with van der Waals surface area (Å²) in [6.07, 6.45) is 4.85. The lowest BCUT2D eigenvalue weighted by Gasteiger charge is -2.07. The summed E-state index contributed by atoms with van der Waals surface area (Å²) in [5, 5.41) is 1.64. The first-order valence-electron chi connectivity index (χ1n) is 9.37. The van der Waals surface area contributed by atoms with Gasteiger partial charge in [0.15, 0.2) is 5.65 Å². The van der Waals surface area contributed by atoms with Crippen molar-refractivity contribution >= 4 is 37.6 Å². The lowest BCUT2D eigenvalue weighted by Crippen LogP contribution is -2.12. The molecule has 0 amide bonds. The zero-order valence-electron chi connectivity index (χ0n) is 16.1. The van der Waals surface area contributed by atoms with Crippen molar-refractivity contribution < 1.29 is 8.42 Å². The van der Waals surface area contributed by atoms with E-state index in [0.717, 1.165) is 33.0 Å². The summed E-state index contributed by atoms with van der Waals surface area (Å²) < 4.78 is 28.0. The number of hydrogen-bond donors (Lipinski definition) is 1. The first kappa shape index (κ1) is 18.3. The largest absolute Gasteiger partial charge is 0.397 e. The van der Waals surface area contributed by atoms with Crippen LogP contribution in [0.3, 0.4) is 0 Å². The number of hydrogen-bond acceptors (Lipinski definition) is 5. The smallest absolute Gasteiger partial charge is 0.269 e. The normalized spacial score (nSPS) is 11.9. The Kier molecular flexibility index (Phi) is 4.08. The van der Waals surface area contributed by atoms with Crippen LogP contribution in [0.1, 0.15) is 5.56 Å². The Morgan fingerprint density at radius 3 is 2.57 bits per heavy atom. The Hall–Kier alpha value is -3.71. The average Bonchev–Trinajstić information content (AvgIpc) is 3.14. The highest BCUT2D eigenvalue weighted by atomic mass is 32.2. The molecule has 3 aromatic heterocycles. The fourth-order valence-corrected chi connectivity index (χ4v) is 4.91. The van der Waals surface area contributed by atoms with Gasteiger partial charge in [0.05, 0.1) is 22.3 Å². The van der Waals surface area contributed by atoms with Crippen LogP contribution in [0.15, 0.2) is 84.1 Å². The molecule has 0 radical (unpaired) electrons. The molecule has 0 aliphatic heterocycles. The van der Waals surface area contributed by atoms with Crippen LogP contribution in [0.4, 0.5) is 5.69 Å². The molecule has 0 unspecified atom stereocenters. The van der Waals surface area contributed by atoms with E-state index in [4.69, 9.17) is 5.73 Å². The Balaban J connectivity index is 1.75. The second kappa shape index (κ2) is 6.67. The van der Waals surface area contributed by atoms with Gasteiger partial charge in [0, 0.05) is 28.7 Å². The Morgan fingerprint density at radius 2 is 1.77 bits per heavy atom. The van der Waals surface area contributed by atoms with E-state index in [0.29, 0.717) is 11.3 Å². The zero-order chi connectivity index (χ0) is 20.9. The molecule has 0 fully saturated rings.